The van der Waals surface area contributed by atoms with Crippen molar-refractivity contribution >= 4 is 5.97 Å². The topological polar surface area (TPSA) is 91.0 Å². The molecule has 1 rings (SSSR count). The van der Waals surface area contributed by atoms with E-state index >= 15 is 0 Å². The van der Waals surface area contributed by atoms with Crippen molar-refractivity contribution in [2.24, 2.45) is 5.73 Å². The fourth-order valence-electron chi connectivity index (χ4n) is 2.02. The van der Waals surface area contributed by atoms with Gasteiger partial charge in [-0.2, -0.15) is 0 Å². The lowest BCUT2D eigenvalue weighted by Gasteiger charge is -2.25. The van der Waals surface area contributed by atoms with Crippen molar-refractivity contribution in [3.63, 3.8) is 0 Å². The summed E-state index contributed by atoms with van der Waals surface area (Å²) >= 11 is 0. The molecular weight excluding hydrogens is 238 g/mol. The third kappa shape index (κ3) is 5.30. The Morgan fingerprint density at radius 1 is 1.44 bits per heavy atom. The van der Waals surface area contributed by atoms with Crippen LogP contribution < -0.4 is 5.73 Å². The van der Waals surface area contributed by atoms with Crippen molar-refractivity contribution in [1.29, 1.82) is 0 Å². The van der Waals surface area contributed by atoms with E-state index in [0.29, 0.717) is 19.4 Å². The Labute approximate surface area is 107 Å². The third-order valence-electron chi connectivity index (χ3n) is 2.69. The van der Waals surface area contributed by atoms with Gasteiger partial charge in [-0.25, -0.2) is 4.79 Å². The van der Waals surface area contributed by atoms with Crippen LogP contribution in [0.4, 0.5) is 0 Å². The smallest absolute Gasteiger partial charge is 0.332 e. The average molecular weight is 261 g/mol. The summed E-state index contributed by atoms with van der Waals surface area (Å²) in [7, 11) is 0. The first-order valence-corrected chi connectivity index (χ1v) is 6.25. The molecule has 0 aromatic carbocycles. The van der Waals surface area contributed by atoms with E-state index < -0.39 is 5.79 Å². The van der Waals surface area contributed by atoms with Gasteiger partial charge in [0, 0.05) is 12.5 Å². The SMILES string of the molecule is CCOC(=O)COC1CC(N)C(OC(C)(C)O)C1. The Bertz CT molecular complexity index is 276. The highest BCUT2D eigenvalue weighted by Crippen LogP contribution is 2.26. The van der Waals surface area contributed by atoms with Gasteiger partial charge in [0.1, 0.15) is 6.61 Å². The van der Waals surface area contributed by atoms with Crippen molar-refractivity contribution in [3.8, 4) is 0 Å². The average Bonchev–Trinajstić information content (AvgIpc) is 2.55. The van der Waals surface area contributed by atoms with Crippen molar-refractivity contribution in [2.75, 3.05) is 13.2 Å². The number of carbonyl (C=O) groups is 1. The van der Waals surface area contributed by atoms with Crippen LogP contribution in [0.1, 0.15) is 33.6 Å². The van der Waals surface area contributed by atoms with Crippen molar-refractivity contribution in [2.45, 2.75) is 57.6 Å². The summed E-state index contributed by atoms with van der Waals surface area (Å²) < 4.78 is 15.6. The maximum absolute atomic E-state index is 11.1. The first-order chi connectivity index (χ1) is 8.31. The number of rotatable bonds is 6. The minimum absolute atomic E-state index is 0.0690. The summed E-state index contributed by atoms with van der Waals surface area (Å²) in [5.74, 6) is -1.59. The van der Waals surface area contributed by atoms with Gasteiger partial charge in [-0.1, -0.05) is 0 Å². The molecule has 0 radical (unpaired) electrons. The molecule has 3 atom stereocenters. The summed E-state index contributed by atoms with van der Waals surface area (Å²) in [6.07, 6.45) is 0.805. The van der Waals surface area contributed by atoms with Crippen LogP contribution in [0.5, 0.6) is 0 Å². The highest BCUT2D eigenvalue weighted by molar-refractivity contribution is 5.70. The van der Waals surface area contributed by atoms with E-state index in [0.717, 1.165) is 0 Å². The number of ether oxygens (including phenoxy) is 3. The van der Waals surface area contributed by atoms with Gasteiger partial charge in [-0.3, -0.25) is 0 Å². The minimum atomic E-state index is -1.21. The normalized spacial score (nSPS) is 28.4. The molecule has 0 amide bonds. The second-order valence-corrected chi connectivity index (χ2v) is 4.98. The molecule has 0 spiro atoms. The first-order valence-electron chi connectivity index (χ1n) is 6.25. The monoisotopic (exact) mass is 261 g/mol. The number of carbonyl (C=O) groups excluding carboxylic acids is 1. The molecule has 6 heteroatoms. The number of esters is 1. The quantitative estimate of drug-likeness (QED) is 0.523. The molecule has 18 heavy (non-hydrogen) atoms. The van der Waals surface area contributed by atoms with E-state index in [2.05, 4.69) is 0 Å². The molecule has 3 N–H and O–H groups in total. The summed E-state index contributed by atoms with van der Waals surface area (Å²) in [4.78, 5) is 11.1. The zero-order valence-corrected chi connectivity index (χ0v) is 11.2. The van der Waals surface area contributed by atoms with Crippen LogP contribution in [-0.2, 0) is 19.0 Å². The molecule has 0 aliphatic heterocycles. The lowest BCUT2D eigenvalue weighted by molar-refractivity contribution is -0.207. The molecule has 0 bridgehead atoms. The van der Waals surface area contributed by atoms with Gasteiger partial charge >= 0.3 is 5.97 Å². The van der Waals surface area contributed by atoms with Crippen LogP contribution in [0.2, 0.25) is 0 Å². The summed E-state index contributed by atoms with van der Waals surface area (Å²) in [5, 5.41) is 9.58. The second-order valence-electron chi connectivity index (χ2n) is 4.98. The molecule has 1 fully saturated rings. The zero-order valence-electron chi connectivity index (χ0n) is 11.2. The fraction of sp³-hybridized carbons (Fsp3) is 0.917. The first kappa shape index (κ1) is 15.4. The fourth-order valence-corrected chi connectivity index (χ4v) is 2.02. The minimum Gasteiger partial charge on any atom is -0.464 e. The highest BCUT2D eigenvalue weighted by atomic mass is 16.6. The van der Waals surface area contributed by atoms with E-state index in [4.69, 9.17) is 19.9 Å². The predicted octanol–water partition coefficient (Wildman–Crippen LogP) is 0.169. The van der Waals surface area contributed by atoms with Crippen LogP contribution in [0.25, 0.3) is 0 Å². The molecule has 0 saturated heterocycles. The van der Waals surface area contributed by atoms with E-state index in [1.54, 1.807) is 20.8 Å². The van der Waals surface area contributed by atoms with Gasteiger partial charge in [-0.15, -0.1) is 0 Å². The number of hydrogen-bond donors (Lipinski definition) is 2. The molecular formula is C12H23NO5. The Hall–Kier alpha value is -0.690. The maximum Gasteiger partial charge on any atom is 0.332 e. The molecule has 0 aromatic rings. The van der Waals surface area contributed by atoms with Gasteiger partial charge in [0.05, 0.1) is 18.8 Å². The maximum atomic E-state index is 11.1. The summed E-state index contributed by atoms with van der Waals surface area (Å²) in [6.45, 7) is 5.15. The molecule has 1 saturated carbocycles. The molecule has 1 aliphatic rings. The van der Waals surface area contributed by atoms with Crippen molar-refractivity contribution < 1.29 is 24.1 Å². The zero-order chi connectivity index (χ0) is 13.8. The number of aliphatic hydroxyl groups is 1. The Balaban J connectivity index is 2.32. The molecule has 6 nitrogen and oxygen atoms in total. The van der Waals surface area contributed by atoms with Gasteiger partial charge in [0.25, 0.3) is 0 Å². The Morgan fingerprint density at radius 3 is 2.67 bits per heavy atom. The Kier molecular flexibility index (Phi) is 5.52. The van der Waals surface area contributed by atoms with E-state index in [-0.39, 0.29) is 30.8 Å². The van der Waals surface area contributed by atoms with Gasteiger partial charge < -0.3 is 25.1 Å². The number of nitrogens with two attached hydrogens (primary N) is 1. The van der Waals surface area contributed by atoms with Gasteiger partial charge in [-0.05, 0) is 27.2 Å². The molecule has 0 aromatic heterocycles. The van der Waals surface area contributed by atoms with Gasteiger partial charge in [0.2, 0.25) is 0 Å². The van der Waals surface area contributed by atoms with Crippen LogP contribution in [-0.4, -0.2) is 48.3 Å². The van der Waals surface area contributed by atoms with E-state index in [1.165, 1.54) is 0 Å². The Morgan fingerprint density at radius 2 is 2.11 bits per heavy atom. The third-order valence-corrected chi connectivity index (χ3v) is 2.69. The van der Waals surface area contributed by atoms with Crippen LogP contribution in [0.3, 0.4) is 0 Å². The molecule has 3 unspecified atom stereocenters. The van der Waals surface area contributed by atoms with Gasteiger partial charge in [0.15, 0.2) is 5.79 Å². The summed E-state index contributed by atoms with van der Waals surface area (Å²) in [6, 6.07) is -0.191. The van der Waals surface area contributed by atoms with Crippen molar-refractivity contribution in [1.82, 2.24) is 0 Å². The van der Waals surface area contributed by atoms with Crippen LogP contribution in [0, 0.1) is 0 Å². The lowest BCUT2D eigenvalue weighted by atomic mass is 10.2. The standard InChI is InChI=1S/C12H23NO5/c1-4-16-11(14)7-17-8-5-9(13)10(6-8)18-12(2,3)15/h8-10,15H,4-7,13H2,1-3H3. The number of hydrogen-bond acceptors (Lipinski definition) is 6. The van der Waals surface area contributed by atoms with Crippen molar-refractivity contribution in [3.05, 3.63) is 0 Å². The molecule has 106 valence electrons. The second kappa shape index (κ2) is 6.47. The predicted molar refractivity (Wildman–Crippen MR) is 64.8 cm³/mol. The summed E-state index contributed by atoms with van der Waals surface area (Å²) in [5.41, 5.74) is 5.91. The molecule has 1 aliphatic carbocycles. The molecule has 0 heterocycles. The largest absolute Gasteiger partial charge is 0.464 e. The van der Waals surface area contributed by atoms with E-state index in [9.17, 15) is 9.90 Å². The van der Waals surface area contributed by atoms with Crippen LogP contribution >= 0.6 is 0 Å². The highest BCUT2D eigenvalue weighted by Gasteiger charge is 2.36. The van der Waals surface area contributed by atoms with E-state index in [1.807, 2.05) is 0 Å². The van der Waals surface area contributed by atoms with Crippen LogP contribution in [0.15, 0.2) is 0 Å². The lowest BCUT2D eigenvalue weighted by Crippen LogP contribution is -2.38.